The minimum absolute atomic E-state index is 0.0400. The summed E-state index contributed by atoms with van der Waals surface area (Å²) in [6, 6.07) is 5.73. The van der Waals surface area contributed by atoms with E-state index in [1.807, 2.05) is 0 Å². The van der Waals surface area contributed by atoms with E-state index in [9.17, 15) is 9.59 Å². The number of benzene rings is 1. The summed E-state index contributed by atoms with van der Waals surface area (Å²) in [5.41, 5.74) is -0.156. The Bertz CT molecular complexity index is 358. The zero-order valence-corrected chi connectivity index (χ0v) is 7.39. The van der Waals surface area contributed by atoms with E-state index in [0.717, 1.165) is 0 Å². The molecule has 5 nitrogen and oxygen atoms in total. The summed E-state index contributed by atoms with van der Waals surface area (Å²) in [6.07, 6.45) is 0. The molecule has 0 amide bonds. The van der Waals surface area contributed by atoms with Gasteiger partial charge in [-0.25, -0.2) is 9.59 Å². The van der Waals surface area contributed by atoms with Crippen LogP contribution in [-0.4, -0.2) is 24.2 Å². The molecule has 0 saturated heterocycles. The molecule has 5 heteroatoms. The van der Waals surface area contributed by atoms with Gasteiger partial charge in [-0.15, -0.1) is 0 Å². The number of carbonyl (C=O) groups excluding carboxylic acids is 1. The molecule has 0 unspecified atom stereocenters. The summed E-state index contributed by atoms with van der Waals surface area (Å²) in [5.74, 6) is -2.01. The van der Waals surface area contributed by atoms with Crippen LogP contribution < -0.4 is 0 Å². The lowest BCUT2D eigenvalue weighted by Crippen LogP contribution is -2.10. The highest BCUT2D eigenvalue weighted by Crippen LogP contribution is 2.10. The van der Waals surface area contributed by atoms with Gasteiger partial charge >= 0.3 is 11.9 Å². The van der Waals surface area contributed by atoms with E-state index in [1.54, 1.807) is 6.07 Å². The van der Waals surface area contributed by atoms with E-state index >= 15 is 0 Å². The summed E-state index contributed by atoms with van der Waals surface area (Å²) in [5, 5.41) is 8.73. The van der Waals surface area contributed by atoms with Crippen molar-refractivity contribution in [1.82, 2.24) is 0 Å². The molecule has 0 aliphatic rings. The molecular weight excluding hydrogens is 188 g/mol. The highest BCUT2D eigenvalue weighted by molar-refractivity contribution is 6.02. The molecular formula is C9H8O5. The van der Waals surface area contributed by atoms with Gasteiger partial charge in [-0.2, -0.15) is 4.89 Å². The molecule has 1 N–H and O–H groups in total. The van der Waals surface area contributed by atoms with Crippen LogP contribution in [0.5, 0.6) is 0 Å². The Morgan fingerprint density at radius 1 is 1.21 bits per heavy atom. The van der Waals surface area contributed by atoms with E-state index < -0.39 is 11.9 Å². The summed E-state index contributed by atoms with van der Waals surface area (Å²) >= 11 is 0. The summed E-state index contributed by atoms with van der Waals surface area (Å²) in [6.45, 7) is 0. The number of hydrogen-bond acceptors (Lipinski definition) is 4. The maximum Gasteiger partial charge on any atom is 0.373 e. The van der Waals surface area contributed by atoms with Gasteiger partial charge in [0.2, 0.25) is 0 Å². The predicted molar refractivity (Wildman–Crippen MR) is 45.8 cm³/mol. The first-order valence-electron chi connectivity index (χ1n) is 3.74. The summed E-state index contributed by atoms with van der Waals surface area (Å²) < 4.78 is 0. The largest absolute Gasteiger partial charge is 0.478 e. The molecule has 1 aromatic carbocycles. The second-order valence-electron chi connectivity index (χ2n) is 2.39. The third-order valence-electron chi connectivity index (χ3n) is 1.54. The Balaban J connectivity index is 3.07. The third kappa shape index (κ3) is 2.08. The average Bonchev–Trinajstić information content (AvgIpc) is 2.18. The van der Waals surface area contributed by atoms with Gasteiger partial charge in [0.25, 0.3) is 0 Å². The highest BCUT2D eigenvalue weighted by Gasteiger charge is 2.17. The average molecular weight is 196 g/mol. The summed E-state index contributed by atoms with van der Waals surface area (Å²) in [4.78, 5) is 30.2. The van der Waals surface area contributed by atoms with Gasteiger partial charge in [0, 0.05) is 0 Å². The fourth-order valence-electron chi connectivity index (χ4n) is 0.968. The van der Waals surface area contributed by atoms with Crippen LogP contribution in [0.4, 0.5) is 0 Å². The number of carboxylic acid groups (broad SMARTS) is 1. The minimum Gasteiger partial charge on any atom is -0.478 e. The van der Waals surface area contributed by atoms with Crippen molar-refractivity contribution in [2.75, 3.05) is 7.11 Å². The third-order valence-corrected chi connectivity index (χ3v) is 1.54. The van der Waals surface area contributed by atoms with E-state index in [-0.39, 0.29) is 11.1 Å². The molecule has 0 saturated carbocycles. The van der Waals surface area contributed by atoms with Crippen LogP contribution in [0.3, 0.4) is 0 Å². The van der Waals surface area contributed by atoms with Crippen molar-refractivity contribution in [3.8, 4) is 0 Å². The Morgan fingerprint density at radius 2 is 1.79 bits per heavy atom. The molecule has 0 bridgehead atoms. The number of carbonyl (C=O) groups is 2. The van der Waals surface area contributed by atoms with Gasteiger partial charge in [0.15, 0.2) is 0 Å². The SMILES string of the molecule is COOC(=O)c1ccccc1C(=O)O. The van der Waals surface area contributed by atoms with Crippen LogP contribution in [0.25, 0.3) is 0 Å². The van der Waals surface area contributed by atoms with Crippen molar-refractivity contribution in [3.63, 3.8) is 0 Å². The number of carboxylic acids is 1. The van der Waals surface area contributed by atoms with Gasteiger partial charge in [0.05, 0.1) is 18.2 Å². The van der Waals surface area contributed by atoms with Crippen LogP contribution in [-0.2, 0) is 9.78 Å². The van der Waals surface area contributed by atoms with Crippen molar-refractivity contribution in [2.24, 2.45) is 0 Å². The molecule has 0 atom stereocenters. The van der Waals surface area contributed by atoms with Gasteiger partial charge < -0.3 is 5.11 Å². The van der Waals surface area contributed by atoms with E-state index in [4.69, 9.17) is 5.11 Å². The highest BCUT2D eigenvalue weighted by atomic mass is 17.2. The molecule has 74 valence electrons. The fraction of sp³-hybridized carbons (Fsp3) is 0.111. The lowest BCUT2D eigenvalue weighted by Gasteiger charge is -2.02. The zero-order chi connectivity index (χ0) is 10.6. The van der Waals surface area contributed by atoms with Gasteiger partial charge in [0.1, 0.15) is 0 Å². The quantitative estimate of drug-likeness (QED) is 0.578. The van der Waals surface area contributed by atoms with Crippen LogP contribution in [0, 0.1) is 0 Å². The van der Waals surface area contributed by atoms with Crippen molar-refractivity contribution in [1.29, 1.82) is 0 Å². The molecule has 0 aromatic heterocycles. The molecule has 0 heterocycles. The lowest BCUT2D eigenvalue weighted by molar-refractivity contribution is -0.216. The molecule has 0 fully saturated rings. The molecule has 0 aliphatic heterocycles. The van der Waals surface area contributed by atoms with Gasteiger partial charge in [-0.1, -0.05) is 12.1 Å². The molecule has 1 rings (SSSR count). The van der Waals surface area contributed by atoms with Crippen LogP contribution in [0.15, 0.2) is 24.3 Å². The standard InChI is InChI=1S/C9H8O5/c1-13-14-9(12)7-5-3-2-4-6(7)8(10)11/h2-5H,1H3,(H,10,11). The molecule has 0 spiro atoms. The van der Waals surface area contributed by atoms with Gasteiger partial charge in [-0.3, -0.25) is 4.89 Å². The second kappa shape index (κ2) is 4.38. The van der Waals surface area contributed by atoms with Crippen LogP contribution >= 0.6 is 0 Å². The van der Waals surface area contributed by atoms with Crippen molar-refractivity contribution >= 4 is 11.9 Å². The first-order chi connectivity index (χ1) is 6.66. The number of aromatic carboxylic acids is 1. The minimum atomic E-state index is -1.19. The Kier molecular flexibility index (Phi) is 3.19. The fourth-order valence-corrected chi connectivity index (χ4v) is 0.968. The van der Waals surface area contributed by atoms with Gasteiger partial charge in [-0.05, 0) is 12.1 Å². The first-order valence-corrected chi connectivity index (χ1v) is 3.74. The Morgan fingerprint density at radius 3 is 2.29 bits per heavy atom. The normalized spacial score (nSPS) is 9.50. The molecule has 1 aromatic rings. The van der Waals surface area contributed by atoms with Crippen LogP contribution in [0.2, 0.25) is 0 Å². The van der Waals surface area contributed by atoms with E-state index in [0.29, 0.717) is 0 Å². The monoisotopic (exact) mass is 196 g/mol. The second-order valence-corrected chi connectivity index (χ2v) is 2.39. The number of rotatable bonds is 3. The molecule has 0 aliphatic carbocycles. The topological polar surface area (TPSA) is 72.8 Å². The maximum absolute atomic E-state index is 11.2. The van der Waals surface area contributed by atoms with Crippen LogP contribution in [0.1, 0.15) is 20.7 Å². The Labute approximate surface area is 79.8 Å². The van der Waals surface area contributed by atoms with E-state index in [1.165, 1.54) is 25.3 Å². The van der Waals surface area contributed by atoms with E-state index in [2.05, 4.69) is 9.78 Å². The Hall–Kier alpha value is -1.88. The van der Waals surface area contributed by atoms with Crippen molar-refractivity contribution in [2.45, 2.75) is 0 Å². The maximum atomic E-state index is 11.2. The summed E-state index contributed by atoms with van der Waals surface area (Å²) in [7, 11) is 1.17. The smallest absolute Gasteiger partial charge is 0.373 e. The predicted octanol–water partition coefficient (Wildman–Crippen LogP) is 1.10. The molecule has 14 heavy (non-hydrogen) atoms. The van der Waals surface area contributed by atoms with Crippen molar-refractivity contribution < 1.29 is 24.5 Å². The molecule has 0 radical (unpaired) electrons. The van der Waals surface area contributed by atoms with Crippen molar-refractivity contribution in [3.05, 3.63) is 35.4 Å². The number of hydrogen-bond donors (Lipinski definition) is 1. The lowest BCUT2D eigenvalue weighted by atomic mass is 10.1. The first kappa shape index (κ1) is 10.2. The zero-order valence-electron chi connectivity index (χ0n) is 7.39.